The second kappa shape index (κ2) is 8.53. The molecule has 0 saturated carbocycles. The lowest BCUT2D eigenvalue weighted by Gasteiger charge is -2.23. The highest BCUT2D eigenvalue weighted by atomic mass is 35.5. The Morgan fingerprint density at radius 2 is 1.81 bits per heavy atom. The summed E-state index contributed by atoms with van der Waals surface area (Å²) in [6, 6.07) is 19.6. The van der Waals surface area contributed by atoms with Gasteiger partial charge in [0.15, 0.2) is 11.4 Å². The molecular formula is C24H19ClN2O5. The smallest absolute Gasteiger partial charge is 0.270 e. The number of hydrogen-bond donors (Lipinski definition) is 1. The van der Waals surface area contributed by atoms with Crippen LogP contribution in [0.4, 0.5) is 11.4 Å². The van der Waals surface area contributed by atoms with Crippen molar-refractivity contribution in [3.63, 3.8) is 0 Å². The average molecular weight is 451 g/mol. The number of fused-ring (bicyclic) bond motifs is 1. The third-order valence-corrected chi connectivity index (χ3v) is 5.79. The lowest BCUT2D eigenvalue weighted by atomic mass is 9.88. The van der Waals surface area contributed by atoms with Gasteiger partial charge in [0.05, 0.1) is 17.0 Å². The number of amides is 1. The number of aliphatic hydroxyl groups is 1. The molecule has 4 rings (SSSR count). The molecule has 1 N–H and O–H groups in total. The van der Waals surface area contributed by atoms with Crippen molar-refractivity contribution < 1.29 is 19.6 Å². The van der Waals surface area contributed by atoms with Crippen molar-refractivity contribution >= 4 is 34.7 Å². The molecule has 0 aromatic heterocycles. The summed E-state index contributed by atoms with van der Waals surface area (Å²) >= 11 is 6.13. The van der Waals surface area contributed by atoms with Gasteiger partial charge in [-0.2, -0.15) is 0 Å². The van der Waals surface area contributed by atoms with Gasteiger partial charge in [-0.15, -0.1) is 0 Å². The molecule has 32 heavy (non-hydrogen) atoms. The number of non-ortho nitro benzene ring substituents is 1. The number of ketones is 1. The van der Waals surface area contributed by atoms with Crippen molar-refractivity contribution in [3.8, 4) is 0 Å². The Kier molecular flexibility index (Phi) is 5.78. The van der Waals surface area contributed by atoms with Crippen molar-refractivity contribution in [1.29, 1.82) is 0 Å². The van der Waals surface area contributed by atoms with Crippen LogP contribution >= 0.6 is 11.6 Å². The minimum atomic E-state index is -2.11. The molecule has 162 valence electrons. The fourth-order valence-electron chi connectivity index (χ4n) is 3.93. The number of hydrogen-bond acceptors (Lipinski definition) is 5. The van der Waals surface area contributed by atoms with Crippen LogP contribution in [-0.2, 0) is 16.8 Å². The van der Waals surface area contributed by atoms with E-state index in [0.29, 0.717) is 23.7 Å². The van der Waals surface area contributed by atoms with Gasteiger partial charge < -0.3 is 10.0 Å². The van der Waals surface area contributed by atoms with Crippen molar-refractivity contribution in [1.82, 2.24) is 0 Å². The molecule has 0 fully saturated rings. The van der Waals surface area contributed by atoms with E-state index in [9.17, 15) is 24.8 Å². The van der Waals surface area contributed by atoms with Gasteiger partial charge in [-0.25, -0.2) is 0 Å². The van der Waals surface area contributed by atoms with Crippen molar-refractivity contribution in [3.05, 3.63) is 105 Å². The van der Waals surface area contributed by atoms with Crippen LogP contribution in [0.1, 0.15) is 27.9 Å². The Balaban J connectivity index is 1.64. The first-order valence-corrected chi connectivity index (χ1v) is 10.3. The van der Waals surface area contributed by atoms with Crippen LogP contribution in [0.3, 0.4) is 0 Å². The summed E-state index contributed by atoms with van der Waals surface area (Å²) in [5.74, 6) is -1.20. The van der Waals surface area contributed by atoms with Crippen LogP contribution < -0.4 is 4.90 Å². The van der Waals surface area contributed by atoms with Crippen LogP contribution in [0, 0.1) is 10.1 Å². The number of rotatable bonds is 7. The first kappa shape index (κ1) is 21.7. The number of Topliss-reactive ketones (excluding diaryl/α,β-unsaturated/α-hetero) is 1. The third kappa shape index (κ3) is 4.00. The molecule has 1 heterocycles. The molecule has 8 heteroatoms. The topological polar surface area (TPSA) is 101 Å². The van der Waals surface area contributed by atoms with E-state index in [4.69, 9.17) is 11.6 Å². The quantitative estimate of drug-likeness (QED) is 0.328. The number of halogens is 1. The third-order valence-electron chi connectivity index (χ3n) is 5.56. The molecule has 1 aliphatic rings. The van der Waals surface area contributed by atoms with E-state index < -0.39 is 28.6 Å². The van der Waals surface area contributed by atoms with Gasteiger partial charge in [0.2, 0.25) is 0 Å². The first-order chi connectivity index (χ1) is 15.3. The largest absolute Gasteiger partial charge is 0.375 e. The lowest BCUT2D eigenvalue weighted by molar-refractivity contribution is -0.384. The molecule has 0 saturated heterocycles. The number of carbonyl (C=O) groups excluding carboxylic acids is 2. The maximum Gasteiger partial charge on any atom is 0.270 e. The molecule has 7 nitrogen and oxygen atoms in total. The fourth-order valence-corrected chi connectivity index (χ4v) is 4.10. The van der Waals surface area contributed by atoms with Gasteiger partial charge in [-0.05, 0) is 30.2 Å². The zero-order chi connectivity index (χ0) is 22.9. The highest BCUT2D eigenvalue weighted by Crippen LogP contribution is 2.44. The first-order valence-electron chi connectivity index (χ1n) is 9.95. The minimum absolute atomic E-state index is 0.0479. The lowest BCUT2D eigenvalue weighted by Crippen LogP contribution is -2.42. The highest BCUT2D eigenvalue weighted by molar-refractivity contribution is 6.31. The average Bonchev–Trinajstić information content (AvgIpc) is 2.99. The maximum atomic E-state index is 13.3. The van der Waals surface area contributed by atoms with E-state index in [2.05, 4.69) is 0 Å². The van der Waals surface area contributed by atoms with Crippen LogP contribution in [0.5, 0.6) is 0 Å². The summed E-state index contributed by atoms with van der Waals surface area (Å²) in [4.78, 5) is 38.1. The number of benzene rings is 3. The normalized spacial score (nSPS) is 17.3. The van der Waals surface area contributed by atoms with E-state index >= 15 is 0 Å². The second-order valence-corrected chi connectivity index (χ2v) is 8.06. The van der Waals surface area contributed by atoms with E-state index in [0.717, 1.165) is 11.6 Å². The van der Waals surface area contributed by atoms with Crippen molar-refractivity contribution in [2.75, 3.05) is 11.4 Å². The number of anilines is 1. The molecule has 1 atom stereocenters. The molecule has 1 aliphatic heterocycles. The zero-order valence-corrected chi connectivity index (χ0v) is 17.7. The van der Waals surface area contributed by atoms with Gasteiger partial charge in [0.1, 0.15) is 0 Å². The number of carbonyl (C=O) groups is 2. The van der Waals surface area contributed by atoms with Gasteiger partial charge in [-0.3, -0.25) is 19.7 Å². The van der Waals surface area contributed by atoms with Crippen LogP contribution in [-0.4, -0.2) is 28.3 Å². The van der Waals surface area contributed by atoms with Gasteiger partial charge in [0, 0.05) is 34.8 Å². The van der Waals surface area contributed by atoms with E-state index in [1.165, 1.54) is 29.2 Å². The zero-order valence-electron chi connectivity index (χ0n) is 16.9. The summed E-state index contributed by atoms with van der Waals surface area (Å²) in [6.45, 7) is 0.310. The summed E-state index contributed by atoms with van der Waals surface area (Å²) in [5.41, 5.74) is -0.538. The fraction of sp³-hybridized carbons (Fsp3) is 0.167. The molecule has 0 radical (unpaired) electrons. The number of nitro benzene ring substituents is 1. The summed E-state index contributed by atoms with van der Waals surface area (Å²) in [5, 5.41) is 22.8. The van der Waals surface area contributed by atoms with Crippen LogP contribution in [0.15, 0.2) is 72.8 Å². The monoisotopic (exact) mass is 450 g/mol. The summed E-state index contributed by atoms with van der Waals surface area (Å²) < 4.78 is 0. The number of nitrogens with zero attached hydrogens (tertiary/aromatic N) is 2. The molecule has 3 aromatic carbocycles. The van der Waals surface area contributed by atoms with Crippen LogP contribution in [0.25, 0.3) is 0 Å². The van der Waals surface area contributed by atoms with Crippen molar-refractivity contribution in [2.45, 2.75) is 18.4 Å². The SMILES string of the molecule is O=C(CC1(O)C(=O)N(CCc2ccccc2)c2ccc(Cl)cc21)c1cccc([N+](=O)[O-])c1. The Labute approximate surface area is 189 Å². The Bertz CT molecular complexity index is 1210. The molecule has 0 bridgehead atoms. The molecule has 1 amide bonds. The minimum Gasteiger partial charge on any atom is -0.375 e. The standard InChI is InChI=1S/C24H19ClN2O5/c25-18-9-10-21-20(14-18)24(30,15-22(28)17-7-4-8-19(13-17)27(31)32)23(29)26(21)12-11-16-5-2-1-3-6-16/h1-10,13-14,30H,11-12,15H2. The highest BCUT2D eigenvalue weighted by Gasteiger charge is 2.51. The Morgan fingerprint density at radius 3 is 2.53 bits per heavy atom. The molecular weight excluding hydrogens is 432 g/mol. The van der Waals surface area contributed by atoms with Gasteiger partial charge in [-0.1, -0.05) is 54.1 Å². The predicted octanol–water partition coefficient (Wildman–Crippen LogP) is 4.30. The maximum absolute atomic E-state index is 13.3. The van der Waals surface area contributed by atoms with E-state index in [-0.39, 0.29) is 16.8 Å². The van der Waals surface area contributed by atoms with Crippen molar-refractivity contribution in [2.24, 2.45) is 0 Å². The van der Waals surface area contributed by atoms with E-state index in [1.54, 1.807) is 12.1 Å². The molecule has 1 unspecified atom stereocenters. The van der Waals surface area contributed by atoms with Crippen LogP contribution in [0.2, 0.25) is 5.02 Å². The summed E-state index contributed by atoms with van der Waals surface area (Å²) in [6.07, 6.45) is 0.00569. The summed E-state index contributed by atoms with van der Waals surface area (Å²) in [7, 11) is 0. The second-order valence-electron chi connectivity index (χ2n) is 7.62. The molecule has 0 aliphatic carbocycles. The van der Waals surface area contributed by atoms with Gasteiger partial charge in [0.25, 0.3) is 11.6 Å². The van der Waals surface area contributed by atoms with Gasteiger partial charge >= 0.3 is 0 Å². The Hall–Kier alpha value is -3.55. The predicted molar refractivity (Wildman–Crippen MR) is 120 cm³/mol. The molecule has 0 spiro atoms. The molecule has 3 aromatic rings. The van der Waals surface area contributed by atoms with E-state index in [1.807, 2.05) is 30.3 Å². The Morgan fingerprint density at radius 1 is 1.06 bits per heavy atom. The number of nitro groups is 1.